The number of rotatable bonds is 3. The average molecular weight is 314 g/mol. The number of carbonyl (C=O) groups is 1. The lowest BCUT2D eigenvalue weighted by Crippen LogP contribution is -2.27. The van der Waals surface area contributed by atoms with Gasteiger partial charge in [-0.1, -0.05) is 41.9 Å². The van der Waals surface area contributed by atoms with Crippen LogP contribution in [0.5, 0.6) is 0 Å². The Kier molecular flexibility index (Phi) is 3.94. The van der Waals surface area contributed by atoms with Crippen molar-refractivity contribution in [3.63, 3.8) is 0 Å². The molecule has 0 aliphatic carbocycles. The molecule has 3 rings (SSSR count). The molecule has 0 saturated carbocycles. The third kappa shape index (κ3) is 3.02. The topological polar surface area (TPSA) is 59.3 Å². The van der Waals surface area contributed by atoms with Gasteiger partial charge in [0.1, 0.15) is 11.1 Å². The number of amides is 1. The zero-order valence-corrected chi connectivity index (χ0v) is 12.3. The van der Waals surface area contributed by atoms with Crippen molar-refractivity contribution in [2.24, 2.45) is 0 Å². The Bertz CT molecular complexity index is 902. The van der Waals surface area contributed by atoms with E-state index in [1.165, 1.54) is 6.07 Å². The molecule has 1 heterocycles. The van der Waals surface area contributed by atoms with Crippen molar-refractivity contribution in [2.45, 2.75) is 6.54 Å². The molecule has 5 heteroatoms. The molecule has 110 valence electrons. The number of fused-ring (bicyclic) bond motifs is 1. The van der Waals surface area contributed by atoms with Gasteiger partial charge in [-0.2, -0.15) is 0 Å². The lowest BCUT2D eigenvalue weighted by molar-refractivity contribution is 0.0947. The number of hydrogen-bond acceptors (Lipinski definition) is 3. The summed E-state index contributed by atoms with van der Waals surface area (Å²) in [5.41, 5.74) is 0.646. The summed E-state index contributed by atoms with van der Waals surface area (Å²) in [4.78, 5) is 24.1. The van der Waals surface area contributed by atoms with E-state index < -0.39 is 11.5 Å². The largest absolute Gasteiger partial charge is 0.422 e. The molecule has 2 aromatic carbocycles. The molecule has 0 aliphatic heterocycles. The zero-order chi connectivity index (χ0) is 15.5. The fourth-order valence-electron chi connectivity index (χ4n) is 2.14. The minimum Gasteiger partial charge on any atom is -0.422 e. The van der Waals surface area contributed by atoms with Gasteiger partial charge in [-0.15, -0.1) is 0 Å². The number of halogens is 1. The quantitative estimate of drug-likeness (QED) is 0.754. The smallest absolute Gasteiger partial charge is 0.349 e. The highest BCUT2D eigenvalue weighted by molar-refractivity contribution is 6.30. The summed E-state index contributed by atoms with van der Waals surface area (Å²) in [5, 5.41) is 3.99. The second-order valence-electron chi connectivity index (χ2n) is 4.80. The van der Waals surface area contributed by atoms with Gasteiger partial charge >= 0.3 is 5.63 Å². The predicted octanol–water partition coefficient (Wildman–Crippen LogP) is 3.38. The monoisotopic (exact) mass is 313 g/mol. The van der Waals surface area contributed by atoms with Crippen LogP contribution in [-0.2, 0) is 6.54 Å². The Morgan fingerprint density at radius 3 is 2.73 bits per heavy atom. The fourth-order valence-corrected chi connectivity index (χ4v) is 2.36. The van der Waals surface area contributed by atoms with Crippen LogP contribution in [0.1, 0.15) is 15.9 Å². The van der Waals surface area contributed by atoms with Gasteiger partial charge in [0.15, 0.2) is 0 Å². The first-order valence-electron chi connectivity index (χ1n) is 6.69. The Morgan fingerprint density at radius 1 is 1.09 bits per heavy atom. The normalized spacial score (nSPS) is 10.6. The Balaban J connectivity index is 1.83. The van der Waals surface area contributed by atoms with E-state index >= 15 is 0 Å². The van der Waals surface area contributed by atoms with Crippen molar-refractivity contribution in [3.8, 4) is 0 Å². The summed E-state index contributed by atoms with van der Waals surface area (Å²) in [6, 6.07) is 15.7. The number of hydrogen-bond donors (Lipinski definition) is 1. The maximum atomic E-state index is 12.2. The molecule has 0 atom stereocenters. The summed E-state index contributed by atoms with van der Waals surface area (Å²) in [7, 11) is 0. The Labute approximate surface area is 131 Å². The summed E-state index contributed by atoms with van der Waals surface area (Å²) in [6.07, 6.45) is 0. The van der Waals surface area contributed by atoms with E-state index in [1.807, 2.05) is 12.1 Å². The molecule has 22 heavy (non-hydrogen) atoms. The van der Waals surface area contributed by atoms with E-state index in [-0.39, 0.29) is 12.1 Å². The minimum atomic E-state index is -0.651. The van der Waals surface area contributed by atoms with Gasteiger partial charge in [0.05, 0.1) is 0 Å². The SMILES string of the molecule is O=C(NCc1cccc(Cl)c1)c1cc2ccccc2oc1=O. The molecule has 0 spiro atoms. The first-order valence-corrected chi connectivity index (χ1v) is 7.07. The number of nitrogens with one attached hydrogen (secondary N) is 1. The number of para-hydroxylation sites is 1. The van der Waals surface area contributed by atoms with Crippen molar-refractivity contribution in [3.05, 3.63) is 81.2 Å². The van der Waals surface area contributed by atoms with Crippen LogP contribution in [0.15, 0.2) is 63.8 Å². The highest BCUT2D eigenvalue weighted by atomic mass is 35.5. The number of benzene rings is 2. The van der Waals surface area contributed by atoms with E-state index in [1.54, 1.807) is 36.4 Å². The lowest BCUT2D eigenvalue weighted by atomic mass is 10.1. The van der Waals surface area contributed by atoms with Gasteiger partial charge in [-0.3, -0.25) is 4.79 Å². The van der Waals surface area contributed by atoms with Crippen LogP contribution < -0.4 is 10.9 Å². The summed E-state index contributed by atoms with van der Waals surface area (Å²) >= 11 is 5.89. The molecule has 0 aliphatic rings. The average Bonchev–Trinajstić information content (AvgIpc) is 2.52. The van der Waals surface area contributed by atoms with E-state index in [9.17, 15) is 9.59 Å². The molecule has 0 unspecified atom stereocenters. The first kappa shape index (κ1) is 14.4. The fraction of sp³-hybridized carbons (Fsp3) is 0.0588. The van der Waals surface area contributed by atoms with Crippen LogP contribution >= 0.6 is 11.6 Å². The molecule has 0 saturated heterocycles. The molecular formula is C17H12ClNO3. The van der Waals surface area contributed by atoms with E-state index in [0.717, 1.165) is 5.56 Å². The molecule has 1 N–H and O–H groups in total. The standard InChI is InChI=1S/C17H12ClNO3/c18-13-6-3-4-11(8-13)10-19-16(20)14-9-12-5-1-2-7-15(12)22-17(14)21/h1-9H,10H2,(H,19,20). The second kappa shape index (κ2) is 6.03. The van der Waals surface area contributed by atoms with Crippen molar-refractivity contribution in [1.29, 1.82) is 0 Å². The molecule has 0 fully saturated rings. The minimum absolute atomic E-state index is 0.0132. The van der Waals surface area contributed by atoms with Gasteiger partial charge in [-0.25, -0.2) is 4.79 Å². The molecular weight excluding hydrogens is 302 g/mol. The summed E-state index contributed by atoms with van der Waals surface area (Å²) in [5.74, 6) is -0.473. The van der Waals surface area contributed by atoms with Crippen LogP contribution in [0.2, 0.25) is 5.02 Å². The van der Waals surface area contributed by atoms with Gasteiger partial charge in [0.2, 0.25) is 0 Å². The molecule has 1 aromatic heterocycles. The van der Waals surface area contributed by atoms with Gasteiger partial charge in [0, 0.05) is 17.0 Å². The van der Waals surface area contributed by atoms with E-state index in [2.05, 4.69) is 5.32 Å². The molecule has 0 radical (unpaired) electrons. The third-order valence-electron chi connectivity index (χ3n) is 3.23. The van der Waals surface area contributed by atoms with Crippen molar-refractivity contribution in [1.82, 2.24) is 5.32 Å². The van der Waals surface area contributed by atoms with Crippen LogP contribution in [0.4, 0.5) is 0 Å². The zero-order valence-electron chi connectivity index (χ0n) is 11.5. The Hall–Kier alpha value is -2.59. The maximum Gasteiger partial charge on any atom is 0.349 e. The molecule has 4 nitrogen and oxygen atoms in total. The van der Waals surface area contributed by atoms with E-state index in [0.29, 0.717) is 16.0 Å². The van der Waals surface area contributed by atoms with Gasteiger partial charge in [-0.05, 0) is 29.8 Å². The highest BCUT2D eigenvalue weighted by Crippen LogP contribution is 2.13. The summed E-state index contributed by atoms with van der Waals surface area (Å²) in [6.45, 7) is 0.283. The highest BCUT2D eigenvalue weighted by Gasteiger charge is 2.13. The molecule has 1 amide bonds. The molecule has 3 aromatic rings. The third-order valence-corrected chi connectivity index (χ3v) is 3.46. The van der Waals surface area contributed by atoms with Gasteiger partial charge < -0.3 is 9.73 Å². The van der Waals surface area contributed by atoms with Crippen LogP contribution in [0, 0.1) is 0 Å². The van der Waals surface area contributed by atoms with Crippen LogP contribution in [0.25, 0.3) is 11.0 Å². The Morgan fingerprint density at radius 2 is 1.91 bits per heavy atom. The van der Waals surface area contributed by atoms with Crippen molar-refractivity contribution in [2.75, 3.05) is 0 Å². The number of carbonyl (C=O) groups excluding carboxylic acids is 1. The lowest BCUT2D eigenvalue weighted by Gasteiger charge is -2.05. The molecule has 0 bridgehead atoms. The first-order chi connectivity index (χ1) is 10.6. The second-order valence-corrected chi connectivity index (χ2v) is 5.23. The van der Waals surface area contributed by atoms with Gasteiger partial charge in [0.25, 0.3) is 5.91 Å². The maximum absolute atomic E-state index is 12.2. The van der Waals surface area contributed by atoms with Crippen LogP contribution in [0.3, 0.4) is 0 Å². The van der Waals surface area contributed by atoms with E-state index in [4.69, 9.17) is 16.0 Å². The van der Waals surface area contributed by atoms with Crippen LogP contribution in [-0.4, -0.2) is 5.91 Å². The van der Waals surface area contributed by atoms with Crippen molar-refractivity contribution >= 4 is 28.5 Å². The predicted molar refractivity (Wildman–Crippen MR) is 85.1 cm³/mol. The summed E-state index contributed by atoms with van der Waals surface area (Å²) < 4.78 is 5.15. The van der Waals surface area contributed by atoms with Crippen molar-refractivity contribution < 1.29 is 9.21 Å².